The average molecular weight is 711 g/mol. The summed E-state index contributed by atoms with van der Waals surface area (Å²) in [5.74, 6) is -2.24. The number of benzene rings is 3. The first-order valence-electron chi connectivity index (χ1n) is 17.1. The Hall–Kier alpha value is -3.91. The van der Waals surface area contributed by atoms with Gasteiger partial charge in [0, 0.05) is 56.1 Å². The Morgan fingerprint density at radius 2 is 1.74 bits per heavy atom. The number of halogens is 2. The van der Waals surface area contributed by atoms with Gasteiger partial charge in [-0.3, -0.25) is 4.79 Å². The van der Waals surface area contributed by atoms with Gasteiger partial charge in [0.05, 0.1) is 12.0 Å². The molecule has 2 heterocycles. The number of nitrogens with one attached hydrogen (secondary N) is 3. The number of carbonyl (C=O) groups is 2. The lowest BCUT2D eigenvalue weighted by Crippen LogP contribution is -2.50. The highest BCUT2D eigenvalue weighted by Crippen LogP contribution is 2.48. The quantitative estimate of drug-likeness (QED) is 0.250. The Labute approximate surface area is 292 Å². The Bertz CT molecular complexity index is 1750. The number of alkyl carbamates (subject to hydrolysis) is 1. The monoisotopic (exact) mass is 710 g/mol. The molecule has 3 fully saturated rings. The van der Waals surface area contributed by atoms with Crippen LogP contribution in [0.15, 0.2) is 77.7 Å². The Balaban J connectivity index is 1.27. The van der Waals surface area contributed by atoms with Gasteiger partial charge >= 0.3 is 6.09 Å². The summed E-state index contributed by atoms with van der Waals surface area (Å²) in [6.07, 6.45) is 2.70. The van der Waals surface area contributed by atoms with Gasteiger partial charge in [-0.15, -0.1) is 0 Å². The summed E-state index contributed by atoms with van der Waals surface area (Å²) in [5, 5.41) is 9.01. The van der Waals surface area contributed by atoms with Crippen molar-refractivity contribution in [1.82, 2.24) is 14.9 Å². The van der Waals surface area contributed by atoms with Crippen LogP contribution >= 0.6 is 0 Å². The maximum absolute atomic E-state index is 15.6. The molecule has 10 nitrogen and oxygen atoms in total. The molecule has 3 N–H and O–H groups in total. The van der Waals surface area contributed by atoms with Gasteiger partial charge in [-0.1, -0.05) is 36.4 Å². The molecule has 3 atom stereocenters. The van der Waals surface area contributed by atoms with Crippen molar-refractivity contribution in [2.24, 2.45) is 11.3 Å². The number of carbonyl (C=O) groups excluding carboxylic acids is 2. The number of ether oxygens (including phenoxy) is 2. The minimum Gasteiger partial charge on any atom is -0.453 e. The van der Waals surface area contributed by atoms with Crippen molar-refractivity contribution in [2.45, 2.75) is 61.4 Å². The molecule has 6 rings (SSSR count). The van der Waals surface area contributed by atoms with Crippen molar-refractivity contribution in [3.05, 3.63) is 95.6 Å². The second-order valence-electron chi connectivity index (χ2n) is 13.6. The Morgan fingerprint density at radius 3 is 2.42 bits per heavy atom. The molecule has 2 amide bonds. The van der Waals surface area contributed by atoms with E-state index in [1.54, 1.807) is 52.8 Å². The highest BCUT2D eigenvalue weighted by atomic mass is 32.2. The van der Waals surface area contributed by atoms with Gasteiger partial charge in [0.1, 0.15) is 17.7 Å². The number of anilines is 1. The Morgan fingerprint density at radius 1 is 1.02 bits per heavy atom. The number of methoxy groups -OCH3 is 1. The molecule has 13 heteroatoms. The molecule has 2 aliphatic heterocycles. The minimum absolute atomic E-state index is 0.0934. The molecule has 2 saturated heterocycles. The van der Waals surface area contributed by atoms with E-state index in [2.05, 4.69) is 16.0 Å². The highest BCUT2D eigenvalue weighted by Gasteiger charge is 2.49. The summed E-state index contributed by atoms with van der Waals surface area (Å²) < 4.78 is 69.6. The molecule has 50 heavy (non-hydrogen) atoms. The summed E-state index contributed by atoms with van der Waals surface area (Å²) in [5.41, 5.74) is 0.989. The SMILES string of the molecule is COC(=O)N[C@H](C(=O)Nc1cccc(F)c1CC[C@H]1CNCC2(CC2)CN1S(=O)(=O)c1ccccc1)C(c1ccc(F)cc1)C1CCOCC1. The van der Waals surface area contributed by atoms with Crippen LogP contribution in [-0.4, -0.2) is 76.8 Å². The zero-order valence-corrected chi connectivity index (χ0v) is 28.9. The predicted octanol–water partition coefficient (Wildman–Crippen LogP) is 5.21. The second kappa shape index (κ2) is 15.5. The molecule has 1 spiro atoms. The van der Waals surface area contributed by atoms with E-state index in [4.69, 9.17) is 9.47 Å². The summed E-state index contributed by atoms with van der Waals surface area (Å²) in [7, 11) is -2.64. The van der Waals surface area contributed by atoms with E-state index in [1.165, 1.54) is 31.4 Å². The zero-order chi connectivity index (χ0) is 35.3. The van der Waals surface area contributed by atoms with Gasteiger partial charge in [-0.2, -0.15) is 4.31 Å². The van der Waals surface area contributed by atoms with Crippen LogP contribution < -0.4 is 16.0 Å². The molecule has 1 aliphatic carbocycles. The van der Waals surface area contributed by atoms with Crippen LogP contribution in [0.2, 0.25) is 0 Å². The number of hydrogen-bond acceptors (Lipinski definition) is 7. The van der Waals surface area contributed by atoms with Crippen LogP contribution in [0.1, 0.15) is 49.1 Å². The largest absolute Gasteiger partial charge is 0.453 e. The summed E-state index contributed by atoms with van der Waals surface area (Å²) in [6.45, 7) is 2.43. The van der Waals surface area contributed by atoms with E-state index in [1.807, 2.05) is 0 Å². The third kappa shape index (κ3) is 8.17. The smallest absolute Gasteiger partial charge is 0.407 e. The molecular weight excluding hydrogens is 666 g/mol. The lowest BCUT2D eigenvalue weighted by Gasteiger charge is -2.35. The predicted molar refractivity (Wildman–Crippen MR) is 184 cm³/mol. The summed E-state index contributed by atoms with van der Waals surface area (Å²) in [4.78, 5) is 27.1. The molecule has 1 unspecified atom stereocenters. The average Bonchev–Trinajstić information content (AvgIpc) is 3.93. The number of sulfonamides is 1. The van der Waals surface area contributed by atoms with Crippen LogP contribution in [0.25, 0.3) is 0 Å². The lowest BCUT2D eigenvalue weighted by molar-refractivity contribution is -0.119. The number of nitrogens with zero attached hydrogens (tertiary/aromatic N) is 1. The summed E-state index contributed by atoms with van der Waals surface area (Å²) >= 11 is 0. The molecule has 0 radical (unpaired) electrons. The van der Waals surface area contributed by atoms with Crippen LogP contribution in [0, 0.1) is 23.0 Å². The fourth-order valence-electron chi connectivity index (χ4n) is 7.34. The van der Waals surface area contributed by atoms with Crippen LogP contribution in [-0.2, 0) is 30.7 Å². The van der Waals surface area contributed by atoms with Crippen molar-refractivity contribution in [3.63, 3.8) is 0 Å². The first-order chi connectivity index (χ1) is 24.1. The number of rotatable bonds is 11. The fourth-order valence-corrected chi connectivity index (χ4v) is 9.13. The van der Waals surface area contributed by atoms with Gasteiger partial charge in [0.15, 0.2) is 0 Å². The van der Waals surface area contributed by atoms with Crippen molar-refractivity contribution in [2.75, 3.05) is 45.3 Å². The first kappa shape index (κ1) is 35.9. The Kier molecular flexibility index (Phi) is 11.2. The zero-order valence-electron chi connectivity index (χ0n) is 28.1. The van der Waals surface area contributed by atoms with Gasteiger partial charge in [0.2, 0.25) is 15.9 Å². The molecular formula is C37H44F2N4O6S. The van der Waals surface area contributed by atoms with E-state index in [0.717, 1.165) is 12.8 Å². The number of hydrogen-bond donors (Lipinski definition) is 3. The third-order valence-corrected chi connectivity index (χ3v) is 12.2. The molecule has 0 bridgehead atoms. The highest BCUT2D eigenvalue weighted by molar-refractivity contribution is 7.89. The van der Waals surface area contributed by atoms with Crippen LogP contribution in [0.4, 0.5) is 19.3 Å². The van der Waals surface area contributed by atoms with Gasteiger partial charge in [-0.05, 0) is 91.8 Å². The molecule has 3 aromatic carbocycles. The van der Waals surface area contributed by atoms with Gasteiger partial charge in [-0.25, -0.2) is 22.0 Å². The van der Waals surface area contributed by atoms with Gasteiger partial charge < -0.3 is 25.4 Å². The number of amides is 2. The minimum atomic E-state index is -3.84. The van der Waals surface area contributed by atoms with E-state index in [0.29, 0.717) is 57.7 Å². The first-order valence-corrected chi connectivity index (χ1v) is 18.6. The second-order valence-corrected chi connectivity index (χ2v) is 15.5. The summed E-state index contributed by atoms with van der Waals surface area (Å²) in [6, 6.07) is 17.0. The van der Waals surface area contributed by atoms with Crippen molar-refractivity contribution >= 4 is 27.7 Å². The maximum atomic E-state index is 15.6. The van der Waals surface area contributed by atoms with E-state index in [9.17, 15) is 22.4 Å². The van der Waals surface area contributed by atoms with E-state index < -0.39 is 51.7 Å². The standard InChI is InChI=1S/C37H44F2N4O6S/c1-48-36(45)42-34(33(26-16-20-49-21-17-26)25-10-12-27(38)13-11-25)35(44)41-32-9-5-8-31(39)30(32)15-14-28-22-40-23-37(18-19-37)24-43(28)50(46,47)29-6-3-2-4-7-29/h2-13,26,28,33-34,40H,14-24H2,1H3,(H,41,44)(H,42,45)/t28-,33?,34-/m0/s1. The molecule has 1 saturated carbocycles. The molecule has 0 aromatic heterocycles. The molecule has 3 aromatic rings. The van der Waals surface area contributed by atoms with Crippen molar-refractivity contribution in [1.29, 1.82) is 0 Å². The van der Waals surface area contributed by atoms with E-state index in [-0.39, 0.29) is 33.9 Å². The topological polar surface area (TPSA) is 126 Å². The van der Waals surface area contributed by atoms with E-state index >= 15 is 4.39 Å². The van der Waals surface area contributed by atoms with Crippen molar-refractivity contribution in [3.8, 4) is 0 Å². The van der Waals surface area contributed by atoms with Crippen molar-refractivity contribution < 1.29 is 36.3 Å². The van der Waals surface area contributed by atoms with Gasteiger partial charge in [0.25, 0.3) is 0 Å². The fraction of sp³-hybridized carbons (Fsp3) is 0.459. The molecule has 268 valence electrons. The van der Waals surface area contributed by atoms with Crippen LogP contribution in [0.3, 0.4) is 0 Å². The lowest BCUT2D eigenvalue weighted by atomic mass is 9.76. The van der Waals surface area contributed by atoms with Crippen LogP contribution in [0.5, 0.6) is 0 Å². The normalized spacial score (nSPS) is 20.7. The third-order valence-electron chi connectivity index (χ3n) is 10.3. The molecule has 3 aliphatic rings. The maximum Gasteiger partial charge on any atom is 0.407 e.